The Kier molecular flexibility index (Phi) is 7.82. The molecule has 0 fully saturated rings. The van der Waals surface area contributed by atoms with Gasteiger partial charge in [0.05, 0.1) is 27.9 Å². The van der Waals surface area contributed by atoms with Crippen LogP contribution in [-0.2, 0) is 6.42 Å². The Morgan fingerprint density at radius 1 is 0.439 bits per heavy atom. The molecule has 1 aliphatic carbocycles. The first-order valence-electron chi connectivity index (χ1n) is 19.7. The maximum Gasteiger partial charge on any atom is 0.160 e. The molecule has 0 spiro atoms. The van der Waals surface area contributed by atoms with Crippen molar-refractivity contribution in [3.8, 4) is 56.4 Å². The number of fused-ring (bicyclic) bond motifs is 6. The molecule has 1 aliphatic rings. The van der Waals surface area contributed by atoms with Crippen LogP contribution in [0.3, 0.4) is 0 Å². The summed E-state index contributed by atoms with van der Waals surface area (Å²) in [4.78, 5) is 10.6. The summed E-state index contributed by atoms with van der Waals surface area (Å²) < 4.78 is 4.91. The Morgan fingerprint density at radius 2 is 0.965 bits per heavy atom. The molecule has 4 heteroatoms. The topological polar surface area (TPSA) is 35.6 Å². The lowest BCUT2D eigenvalue weighted by Crippen LogP contribution is -2.09. The molecule has 3 aromatic heterocycles. The fraction of sp³-hybridized carbons (Fsp3) is 0.0566. The molecule has 0 amide bonds. The molecule has 0 N–H and O–H groups in total. The minimum atomic E-state index is 0.435. The van der Waals surface area contributed by atoms with Gasteiger partial charge in [-0.3, -0.25) is 0 Å². The average molecular weight is 731 g/mol. The third kappa shape index (κ3) is 5.68. The molecule has 0 aliphatic heterocycles. The third-order valence-electron chi connectivity index (χ3n) is 11.4. The molecule has 3 heterocycles. The van der Waals surface area contributed by atoms with Gasteiger partial charge in [0.25, 0.3) is 0 Å². The van der Waals surface area contributed by atoms with Gasteiger partial charge in [0.2, 0.25) is 0 Å². The number of aromatic nitrogens is 4. The van der Waals surface area contributed by atoms with Crippen LogP contribution in [0.2, 0.25) is 0 Å². The zero-order chi connectivity index (χ0) is 37.9. The Morgan fingerprint density at radius 3 is 1.65 bits per heavy atom. The molecule has 0 saturated heterocycles. The van der Waals surface area contributed by atoms with Gasteiger partial charge in [0, 0.05) is 55.5 Å². The fourth-order valence-electron chi connectivity index (χ4n) is 8.78. The van der Waals surface area contributed by atoms with E-state index in [0.29, 0.717) is 11.7 Å². The van der Waals surface area contributed by atoms with Crippen LogP contribution in [-0.4, -0.2) is 19.1 Å². The highest BCUT2D eigenvalue weighted by molar-refractivity contribution is 6.09. The van der Waals surface area contributed by atoms with Crippen molar-refractivity contribution < 1.29 is 0 Å². The molecule has 4 nitrogen and oxygen atoms in total. The molecular formula is C53H38N4. The van der Waals surface area contributed by atoms with Gasteiger partial charge < -0.3 is 9.13 Å². The van der Waals surface area contributed by atoms with Gasteiger partial charge in [-0.05, 0) is 72.0 Å². The lowest BCUT2D eigenvalue weighted by Gasteiger charge is -2.20. The van der Waals surface area contributed by atoms with E-state index in [-0.39, 0.29) is 0 Å². The van der Waals surface area contributed by atoms with Gasteiger partial charge in [0.1, 0.15) is 0 Å². The maximum absolute atomic E-state index is 5.37. The second-order valence-corrected chi connectivity index (χ2v) is 15.1. The highest BCUT2D eigenvalue weighted by Crippen LogP contribution is 2.40. The van der Waals surface area contributed by atoms with Gasteiger partial charge in [-0.25, -0.2) is 9.97 Å². The average Bonchev–Trinajstić information content (AvgIpc) is 3.79. The van der Waals surface area contributed by atoms with Crippen molar-refractivity contribution >= 4 is 38.8 Å². The van der Waals surface area contributed by atoms with Crippen molar-refractivity contribution in [1.82, 2.24) is 19.1 Å². The Labute approximate surface area is 331 Å². The minimum absolute atomic E-state index is 0.435. The van der Waals surface area contributed by atoms with Crippen LogP contribution in [0.15, 0.2) is 188 Å². The van der Waals surface area contributed by atoms with E-state index >= 15 is 0 Å². The van der Waals surface area contributed by atoms with E-state index in [9.17, 15) is 0 Å². The van der Waals surface area contributed by atoms with E-state index in [4.69, 9.17) is 9.97 Å². The second kappa shape index (κ2) is 13.5. The number of hydrogen-bond donors (Lipinski definition) is 0. The zero-order valence-electron chi connectivity index (χ0n) is 31.5. The molecule has 7 aromatic carbocycles. The fourth-order valence-corrected chi connectivity index (χ4v) is 8.78. The first-order chi connectivity index (χ1) is 28.2. The molecule has 270 valence electrons. The second-order valence-electron chi connectivity index (χ2n) is 15.1. The molecular weight excluding hydrogens is 693 g/mol. The summed E-state index contributed by atoms with van der Waals surface area (Å²) in [6.07, 6.45) is 5.63. The number of benzene rings is 7. The molecule has 10 aromatic rings. The van der Waals surface area contributed by atoms with Crippen molar-refractivity contribution in [2.75, 3.05) is 0 Å². The first-order valence-corrected chi connectivity index (χ1v) is 19.7. The number of rotatable bonds is 6. The van der Waals surface area contributed by atoms with Crippen LogP contribution < -0.4 is 0 Å². The van der Waals surface area contributed by atoms with E-state index < -0.39 is 0 Å². The monoisotopic (exact) mass is 730 g/mol. The summed E-state index contributed by atoms with van der Waals surface area (Å²) in [5, 5.41) is 3.74. The Bertz CT molecular complexity index is 3110. The highest BCUT2D eigenvalue weighted by atomic mass is 15.0. The smallest absolute Gasteiger partial charge is 0.160 e. The maximum atomic E-state index is 5.37. The molecule has 11 rings (SSSR count). The number of hydrogen-bond acceptors (Lipinski definition) is 2. The van der Waals surface area contributed by atoms with Gasteiger partial charge in [0.15, 0.2) is 5.82 Å². The summed E-state index contributed by atoms with van der Waals surface area (Å²) in [5.74, 6) is 1.13. The van der Waals surface area contributed by atoms with E-state index in [0.717, 1.165) is 51.4 Å². The van der Waals surface area contributed by atoms with Crippen LogP contribution in [0.5, 0.6) is 0 Å². The van der Waals surface area contributed by atoms with E-state index in [1.54, 1.807) is 0 Å². The third-order valence-corrected chi connectivity index (χ3v) is 11.4. The van der Waals surface area contributed by atoms with Gasteiger partial charge >= 0.3 is 0 Å². The molecule has 0 radical (unpaired) electrons. The van der Waals surface area contributed by atoms with Crippen LogP contribution >= 0.6 is 0 Å². The number of para-hydroxylation sites is 3. The van der Waals surface area contributed by atoms with Gasteiger partial charge in [-0.15, -0.1) is 0 Å². The van der Waals surface area contributed by atoms with Crippen molar-refractivity contribution in [2.45, 2.75) is 13.3 Å². The standard InChI is InChI=1S/C53H38N4/c1-35-27-28-46-45-23-10-13-26-51(45)57(52(46)29-35)42-32-40(31-41(33-42)56-49-24-11-8-21-43(49)44-22-9-12-25-50(44)56)48-34-47(54-53(55-48)37-17-6-3-7-18-37)39-20-14-19-38(30-39)36-15-4-2-5-16-36/h2-28,30-35H,29H2,1H3. The van der Waals surface area contributed by atoms with E-state index in [1.165, 1.54) is 49.5 Å². The number of allylic oxidation sites excluding steroid dienone is 1. The molecule has 1 unspecified atom stereocenters. The van der Waals surface area contributed by atoms with Crippen LogP contribution in [0.1, 0.15) is 18.2 Å². The van der Waals surface area contributed by atoms with Crippen molar-refractivity contribution in [3.63, 3.8) is 0 Å². The zero-order valence-corrected chi connectivity index (χ0v) is 31.5. The van der Waals surface area contributed by atoms with Crippen molar-refractivity contribution in [3.05, 3.63) is 199 Å². The molecule has 0 saturated carbocycles. The predicted octanol–water partition coefficient (Wildman–Crippen LogP) is 13.4. The lowest BCUT2D eigenvalue weighted by atomic mass is 9.94. The van der Waals surface area contributed by atoms with Crippen LogP contribution in [0.4, 0.5) is 0 Å². The van der Waals surface area contributed by atoms with Crippen molar-refractivity contribution in [1.29, 1.82) is 0 Å². The largest absolute Gasteiger partial charge is 0.313 e. The van der Waals surface area contributed by atoms with Gasteiger partial charge in [-0.1, -0.05) is 153 Å². The van der Waals surface area contributed by atoms with Crippen LogP contribution in [0.25, 0.3) is 95.2 Å². The summed E-state index contributed by atoms with van der Waals surface area (Å²) in [5.41, 5.74) is 15.5. The first kappa shape index (κ1) is 33.1. The summed E-state index contributed by atoms with van der Waals surface area (Å²) in [6, 6.07) is 65.0. The van der Waals surface area contributed by atoms with E-state index in [1.807, 2.05) is 6.07 Å². The Balaban J connectivity index is 1.20. The quantitative estimate of drug-likeness (QED) is 0.171. The molecule has 57 heavy (non-hydrogen) atoms. The predicted molar refractivity (Wildman–Crippen MR) is 237 cm³/mol. The highest BCUT2D eigenvalue weighted by Gasteiger charge is 2.23. The SMILES string of the molecule is CC1C=Cc2c(n(-c3cc(-c4cc(-c5cccc(-c6ccccc6)c5)nc(-c5ccccc5)n4)cc(-n4c5ccccc5c5ccccc54)c3)c3ccccc23)C1. The summed E-state index contributed by atoms with van der Waals surface area (Å²) in [6.45, 7) is 2.31. The van der Waals surface area contributed by atoms with Gasteiger partial charge in [-0.2, -0.15) is 0 Å². The van der Waals surface area contributed by atoms with Crippen LogP contribution in [0, 0.1) is 5.92 Å². The van der Waals surface area contributed by atoms with Crippen molar-refractivity contribution in [2.24, 2.45) is 5.92 Å². The van der Waals surface area contributed by atoms with E-state index in [2.05, 4.69) is 204 Å². The summed E-state index contributed by atoms with van der Waals surface area (Å²) >= 11 is 0. The molecule has 0 bridgehead atoms. The number of nitrogens with zero attached hydrogens (tertiary/aromatic N) is 4. The normalized spacial score (nSPS) is 13.7. The minimum Gasteiger partial charge on any atom is -0.313 e. The Hall–Kier alpha value is -7.30. The summed E-state index contributed by atoms with van der Waals surface area (Å²) in [7, 11) is 0. The molecule has 1 atom stereocenters. The lowest BCUT2D eigenvalue weighted by molar-refractivity contribution is 0.690.